The van der Waals surface area contributed by atoms with E-state index in [0.717, 1.165) is 36.0 Å². The van der Waals surface area contributed by atoms with E-state index in [1.54, 1.807) is 6.07 Å². The molecular formula is C16H21ClN2O2. The van der Waals surface area contributed by atoms with E-state index < -0.39 is 0 Å². The first-order chi connectivity index (χ1) is 9.67. The Morgan fingerprint density at radius 1 is 1.38 bits per heavy atom. The normalized spacial score (nSPS) is 18.9. The summed E-state index contributed by atoms with van der Waals surface area (Å²) in [6.07, 6.45) is 2.33. The number of rotatable bonds is 3. The van der Waals surface area contributed by atoms with Gasteiger partial charge in [-0.25, -0.2) is 4.79 Å². The fourth-order valence-electron chi connectivity index (χ4n) is 3.06. The van der Waals surface area contributed by atoms with Crippen molar-refractivity contribution in [1.82, 2.24) is 4.90 Å². The summed E-state index contributed by atoms with van der Waals surface area (Å²) in [6, 6.07) is 8.06. The minimum atomic E-state index is -0.276. The summed E-state index contributed by atoms with van der Waals surface area (Å²) in [7, 11) is 0. The molecule has 1 fully saturated rings. The number of halogens is 1. The lowest BCUT2D eigenvalue weighted by Gasteiger charge is -2.23. The Labute approximate surface area is 130 Å². The summed E-state index contributed by atoms with van der Waals surface area (Å²) in [5.74, 6) is 0. The zero-order valence-electron chi connectivity index (χ0n) is 12.2. The van der Waals surface area contributed by atoms with Crippen LogP contribution in [-0.4, -0.2) is 24.0 Å². The molecule has 0 amide bonds. The van der Waals surface area contributed by atoms with Gasteiger partial charge in [-0.05, 0) is 43.5 Å². The summed E-state index contributed by atoms with van der Waals surface area (Å²) in [6.45, 7) is 4.50. The van der Waals surface area contributed by atoms with Crippen LogP contribution < -0.4 is 11.4 Å². The Balaban J connectivity index is 0.00000161. The van der Waals surface area contributed by atoms with E-state index in [0.29, 0.717) is 18.2 Å². The summed E-state index contributed by atoms with van der Waals surface area (Å²) < 4.78 is 5.30. The van der Waals surface area contributed by atoms with Crippen LogP contribution in [0.3, 0.4) is 0 Å². The smallest absolute Gasteiger partial charge is 0.336 e. The van der Waals surface area contributed by atoms with Crippen LogP contribution in [0.1, 0.15) is 24.0 Å². The maximum Gasteiger partial charge on any atom is 0.336 e. The quantitative estimate of drug-likeness (QED) is 0.885. The highest BCUT2D eigenvalue weighted by atomic mass is 35.5. The molecule has 2 N–H and O–H groups in total. The number of fused-ring (bicyclic) bond motifs is 1. The average Bonchev–Trinajstić information content (AvgIpc) is 2.85. The first-order valence-electron chi connectivity index (χ1n) is 7.15. The largest absolute Gasteiger partial charge is 0.423 e. The third kappa shape index (κ3) is 3.28. The SMILES string of the molecule is Cc1ccc2c(CN3CCCC3CN)cc(=O)oc2c1.Cl. The van der Waals surface area contributed by atoms with Gasteiger partial charge in [-0.1, -0.05) is 12.1 Å². The summed E-state index contributed by atoms with van der Waals surface area (Å²) in [5, 5.41) is 1.03. The molecule has 1 saturated heterocycles. The third-order valence-electron chi connectivity index (χ3n) is 4.13. The molecule has 0 spiro atoms. The zero-order valence-corrected chi connectivity index (χ0v) is 13.0. The maximum atomic E-state index is 11.7. The number of aryl methyl sites for hydroxylation is 1. The van der Waals surface area contributed by atoms with Crippen LogP contribution in [-0.2, 0) is 6.54 Å². The van der Waals surface area contributed by atoms with E-state index in [2.05, 4.69) is 11.0 Å². The number of benzene rings is 1. The van der Waals surface area contributed by atoms with E-state index in [-0.39, 0.29) is 18.0 Å². The standard InChI is InChI=1S/C16H20N2O2.ClH/c1-11-4-5-14-12(8-16(19)20-15(14)7-11)10-18-6-2-3-13(18)9-17;/h4-5,7-8,13H,2-3,6,9-10,17H2,1H3;1H. The summed E-state index contributed by atoms with van der Waals surface area (Å²) in [4.78, 5) is 14.1. The maximum absolute atomic E-state index is 11.7. The van der Waals surface area contributed by atoms with Crippen molar-refractivity contribution >= 4 is 23.4 Å². The highest BCUT2D eigenvalue weighted by molar-refractivity contribution is 5.85. The molecule has 21 heavy (non-hydrogen) atoms. The van der Waals surface area contributed by atoms with Crippen molar-refractivity contribution in [3.8, 4) is 0 Å². The van der Waals surface area contributed by atoms with Crippen molar-refractivity contribution in [3.05, 3.63) is 45.8 Å². The summed E-state index contributed by atoms with van der Waals surface area (Å²) >= 11 is 0. The molecule has 1 aromatic carbocycles. The van der Waals surface area contributed by atoms with Gasteiger partial charge < -0.3 is 10.2 Å². The lowest BCUT2D eigenvalue weighted by atomic mass is 10.1. The molecule has 0 bridgehead atoms. The van der Waals surface area contributed by atoms with Gasteiger partial charge in [0.2, 0.25) is 0 Å². The van der Waals surface area contributed by atoms with Crippen molar-refractivity contribution < 1.29 is 4.42 Å². The number of nitrogens with zero attached hydrogens (tertiary/aromatic N) is 1. The highest BCUT2D eigenvalue weighted by Gasteiger charge is 2.23. The second-order valence-corrected chi connectivity index (χ2v) is 5.59. The van der Waals surface area contributed by atoms with Gasteiger partial charge in [0.15, 0.2) is 0 Å². The van der Waals surface area contributed by atoms with Crippen molar-refractivity contribution in [1.29, 1.82) is 0 Å². The highest BCUT2D eigenvalue weighted by Crippen LogP contribution is 2.23. The van der Waals surface area contributed by atoms with Crippen LogP contribution in [0.25, 0.3) is 11.0 Å². The fourth-order valence-corrected chi connectivity index (χ4v) is 3.06. The number of nitrogens with two attached hydrogens (primary N) is 1. The van der Waals surface area contributed by atoms with Crippen molar-refractivity contribution in [3.63, 3.8) is 0 Å². The fraction of sp³-hybridized carbons (Fsp3) is 0.438. The van der Waals surface area contributed by atoms with Crippen LogP contribution >= 0.6 is 12.4 Å². The molecule has 0 radical (unpaired) electrons. The van der Waals surface area contributed by atoms with Gasteiger partial charge in [0.1, 0.15) is 5.58 Å². The van der Waals surface area contributed by atoms with E-state index in [1.807, 2.05) is 19.1 Å². The topological polar surface area (TPSA) is 59.5 Å². The van der Waals surface area contributed by atoms with Gasteiger partial charge in [0.25, 0.3) is 0 Å². The molecule has 1 aromatic heterocycles. The Bertz CT molecular complexity index is 684. The molecule has 0 saturated carbocycles. The lowest BCUT2D eigenvalue weighted by Crippen LogP contribution is -2.35. The van der Waals surface area contributed by atoms with Gasteiger partial charge in [-0.2, -0.15) is 0 Å². The minimum absolute atomic E-state index is 0. The molecule has 2 heterocycles. The number of likely N-dealkylation sites (tertiary alicyclic amines) is 1. The van der Waals surface area contributed by atoms with Crippen molar-refractivity contribution in [2.24, 2.45) is 5.73 Å². The van der Waals surface area contributed by atoms with E-state index in [9.17, 15) is 4.79 Å². The molecule has 1 unspecified atom stereocenters. The monoisotopic (exact) mass is 308 g/mol. The Kier molecular flexibility index (Phi) is 5.04. The Morgan fingerprint density at radius 2 is 2.19 bits per heavy atom. The van der Waals surface area contributed by atoms with E-state index in [4.69, 9.17) is 10.2 Å². The first kappa shape index (κ1) is 16.0. The predicted octanol–water partition coefficient (Wildman–Crippen LogP) is 2.45. The zero-order chi connectivity index (χ0) is 14.1. The van der Waals surface area contributed by atoms with Gasteiger partial charge in [-0.15, -0.1) is 12.4 Å². The Morgan fingerprint density at radius 3 is 2.95 bits per heavy atom. The molecule has 1 atom stereocenters. The Hall–Kier alpha value is -1.36. The van der Waals surface area contributed by atoms with Gasteiger partial charge in [0.05, 0.1) is 0 Å². The molecule has 3 rings (SSSR count). The van der Waals surface area contributed by atoms with E-state index in [1.165, 1.54) is 6.42 Å². The summed E-state index contributed by atoms with van der Waals surface area (Å²) in [5.41, 5.74) is 8.35. The van der Waals surface area contributed by atoms with Crippen LogP contribution in [0.5, 0.6) is 0 Å². The second kappa shape index (κ2) is 6.60. The molecule has 2 aromatic rings. The molecule has 1 aliphatic heterocycles. The first-order valence-corrected chi connectivity index (χ1v) is 7.15. The number of hydrogen-bond donors (Lipinski definition) is 1. The van der Waals surface area contributed by atoms with Crippen LogP contribution in [0.4, 0.5) is 0 Å². The van der Waals surface area contributed by atoms with Gasteiger partial charge in [-0.3, -0.25) is 4.90 Å². The molecule has 4 nitrogen and oxygen atoms in total. The molecule has 1 aliphatic rings. The number of hydrogen-bond acceptors (Lipinski definition) is 4. The van der Waals surface area contributed by atoms with Gasteiger partial charge >= 0.3 is 5.63 Å². The molecule has 5 heteroatoms. The van der Waals surface area contributed by atoms with Crippen molar-refractivity contribution in [2.75, 3.05) is 13.1 Å². The lowest BCUT2D eigenvalue weighted by molar-refractivity contribution is 0.250. The second-order valence-electron chi connectivity index (χ2n) is 5.59. The van der Waals surface area contributed by atoms with Gasteiger partial charge in [0, 0.05) is 30.6 Å². The van der Waals surface area contributed by atoms with Crippen LogP contribution in [0.2, 0.25) is 0 Å². The predicted molar refractivity (Wildman–Crippen MR) is 87.0 cm³/mol. The van der Waals surface area contributed by atoms with Crippen LogP contribution in [0, 0.1) is 6.92 Å². The van der Waals surface area contributed by atoms with Crippen LogP contribution in [0.15, 0.2) is 33.5 Å². The van der Waals surface area contributed by atoms with E-state index >= 15 is 0 Å². The molecule has 114 valence electrons. The molecular weight excluding hydrogens is 288 g/mol. The third-order valence-corrected chi connectivity index (χ3v) is 4.13. The van der Waals surface area contributed by atoms with Crippen molar-refractivity contribution in [2.45, 2.75) is 32.4 Å². The molecule has 0 aliphatic carbocycles. The average molecular weight is 309 g/mol. The minimum Gasteiger partial charge on any atom is -0.423 e.